The molecule has 1 saturated heterocycles. The van der Waals surface area contributed by atoms with E-state index in [4.69, 9.17) is 14.2 Å². The first-order valence-corrected chi connectivity index (χ1v) is 16.5. The molecule has 0 spiro atoms. The topological polar surface area (TPSA) is 102 Å². The highest BCUT2D eigenvalue weighted by molar-refractivity contribution is 5.75. The summed E-state index contributed by atoms with van der Waals surface area (Å²) < 4.78 is 17.7. The lowest BCUT2D eigenvalue weighted by molar-refractivity contribution is -0.214. The monoisotopic (exact) mass is 602 g/mol. The van der Waals surface area contributed by atoms with E-state index in [1.807, 2.05) is 27.7 Å². The van der Waals surface area contributed by atoms with Crippen LogP contribution >= 0.6 is 0 Å². The van der Waals surface area contributed by atoms with Gasteiger partial charge in [-0.05, 0) is 107 Å². The molecule has 2 saturated carbocycles. The molecule has 3 aliphatic carbocycles. The average Bonchev–Trinajstić information content (AvgIpc) is 3.51. The van der Waals surface area contributed by atoms with Crippen molar-refractivity contribution in [1.29, 1.82) is 0 Å². The highest BCUT2D eigenvalue weighted by Crippen LogP contribution is 2.72. The Bertz CT molecular complexity index is 1110. The first-order valence-electron chi connectivity index (χ1n) is 16.5. The van der Waals surface area contributed by atoms with Crippen LogP contribution in [0, 0.1) is 45.8 Å². The smallest absolute Gasteiger partial charge is 0.335 e. The van der Waals surface area contributed by atoms with E-state index >= 15 is 0 Å². The Hall–Kier alpha value is -1.70. The highest BCUT2D eigenvalue weighted by atomic mass is 16.6. The molecule has 4 rings (SSSR count). The lowest BCUT2D eigenvalue weighted by Crippen LogP contribution is -2.64. The number of rotatable bonds is 9. The summed E-state index contributed by atoms with van der Waals surface area (Å²) in [6, 6.07) is 0. The van der Waals surface area contributed by atoms with Gasteiger partial charge in [-0.25, -0.2) is 4.79 Å². The summed E-state index contributed by atoms with van der Waals surface area (Å²) in [5.41, 5.74) is 0.555. The van der Waals surface area contributed by atoms with Crippen molar-refractivity contribution >= 4 is 11.9 Å². The van der Waals surface area contributed by atoms with Crippen molar-refractivity contribution in [2.75, 3.05) is 13.7 Å². The number of esters is 2. The van der Waals surface area contributed by atoms with E-state index in [9.17, 15) is 19.8 Å². The van der Waals surface area contributed by atoms with Gasteiger partial charge >= 0.3 is 11.9 Å². The molecule has 0 unspecified atom stereocenters. The van der Waals surface area contributed by atoms with Gasteiger partial charge in [0.2, 0.25) is 0 Å². The molecule has 7 nitrogen and oxygen atoms in total. The minimum absolute atomic E-state index is 0.0557. The predicted molar refractivity (Wildman–Crippen MR) is 167 cm³/mol. The quantitative estimate of drug-likeness (QED) is 0.232. The number of carbonyl (C=O) groups is 2. The maximum absolute atomic E-state index is 13.4. The Labute approximate surface area is 259 Å². The second-order valence-corrected chi connectivity index (χ2v) is 16.0. The van der Waals surface area contributed by atoms with E-state index in [0.717, 1.165) is 32.3 Å². The third kappa shape index (κ3) is 6.12. The number of hydrogen-bond donors (Lipinski definition) is 2. The van der Waals surface area contributed by atoms with Crippen LogP contribution in [0.4, 0.5) is 0 Å². The van der Waals surface area contributed by atoms with Gasteiger partial charge < -0.3 is 24.4 Å². The number of carbonyl (C=O) groups excluding carboxylic acids is 2. The zero-order valence-corrected chi connectivity index (χ0v) is 28.4. The molecule has 0 radical (unpaired) electrons. The summed E-state index contributed by atoms with van der Waals surface area (Å²) in [5, 5.41) is 22.3. The standard InChI is InChI=1S/C36H58O7/c1-21(2)17-24-18-23(20-42-24)25-11-12-26-34(25,7)15-13-27-35(8,16-14-30(37)41-10)28(33(5,6)40)19-29(36(26,27)9)43-32(39)31(38)22(3)4/h12,17,22-25,27-29,31,38,40H,11,13-16,18-20H2,1-10H3/t23-,24-,25+,27-,28-,29-,31-,34+,35-,36+/m1/s1. The zero-order valence-electron chi connectivity index (χ0n) is 28.4. The van der Waals surface area contributed by atoms with Crippen molar-refractivity contribution in [3.63, 3.8) is 0 Å². The van der Waals surface area contributed by atoms with Gasteiger partial charge in [-0.2, -0.15) is 0 Å². The molecule has 7 heteroatoms. The molecule has 1 aliphatic heterocycles. The fourth-order valence-corrected chi connectivity index (χ4v) is 10.1. The summed E-state index contributed by atoms with van der Waals surface area (Å²) in [7, 11) is 1.42. The second-order valence-electron chi connectivity index (χ2n) is 16.0. The third-order valence-corrected chi connectivity index (χ3v) is 12.2. The van der Waals surface area contributed by atoms with Gasteiger partial charge in [-0.3, -0.25) is 4.79 Å². The van der Waals surface area contributed by atoms with Crippen LogP contribution < -0.4 is 0 Å². The fraction of sp³-hybridized carbons (Fsp3) is 0.833. The van der Waals surface area contributed by atoms with Crippen LogP contribution in [-0.2, 0) is 23.8 Å². The second kappa shape index (κ2) is 12.2. The molecule has 3 fully saturated rings. The molecule has 0 amide bonds. The summed E-state index contributed by atoms with van der Waals surface area (Å²) >= 11 is 0. The van der Waals surface area contributed by atoms with Crippen molar-refractivity contribution < 1.29 is 34.0 Å². The van der Waals surface area contributed by atoms with Gasteiger partial charge in [0.15, 0.2) is 6.10 Å². The summed E-state index contributed by atoms with van der Waals surface area (Å²) in [5.74, 6) is -0.406. The van der Waals surface area contributed by atoms with E-state index in [1.165, 1.54) is 18.3 Å². The summed E-state index contributed by atoms with van der Waals surface area (Å²) in [6.07, 6.45) is 8.29. The van der Waals surface area contributed by atoms with Crippen LogP contribution in [0.15, 0.2) is 23.3 Å². The van der Waals surface area contributed by atoms with Gasteiger partial charge in [0.05, 0.1) is 25.4 Å². The Balaban J connectivity index is 1.77. The predicted octanol–water partition coefficient (Wildman–Crippen LogP) is 6.41. The molecule has 2 N–H and O–H groups in total. The number of allylic oxidation sites excluding steroid dienone is 2. The van der Waals surface area contributed by atoms with E-state index in [0.29, 0.717) is 24.7 Å². The van der Waals surface area contributed by atoms with E-state index in [2.05, 4.69) is 46.8 Å². The first kappa shape index (κ1) is 34.2. The van der Waals surface area contributed by atoms with Crippen molar-refractivity contribution in [1.82, 2.24) is 0 Å². The minimum atomic E-state index is -1.21. The molecule has 43 heavy (non-hydrogen) atoms. The number of aliphatic hydroxyl groups is 2. The molecule has 1 heterocycles. The lowest BCUT2D eigenvalue weighted by Gasteiger charge is -2.66. The molecule has 0 aromatic carbocycles. The van der Waals surface area contributed by atoms with Gasteiger partial charge in [0.25, 0.3) is 0 Å². The van der Waals surface area contributed by atoms with Gasteiger partial charge in [-0.1, -0.05) is 57.9 Å². The van der Waals surface area contributed by atoms with Crippen LogP contribution in [0.3, 0.4) is 0 Å². The SMILES string of the molecule is COC(=O)CC[C@@]1(C)[C@@H](C(C)(C)O)C[C@@H](OC(=O)[C@H](O)C(C)C)[C@@]2(C)C3=CC[C@@H]([C@H]4CO[C@H](C=C(C)C)C4)[C@]3(C)CC[C@H]12. The van der Waals surface area contributed by atoms with Gasteiger partial charge in [-0.15, -0.1) is 0 Å². The molecule has 244 valence electrons. The maximum atomic E-state index is 13.4. The van der Waals surface area contributed by atoms with Gasteiger partial charge in [0, 0.05) is 11.8 Å². The number of ether oxygens (including phenoxy) is 3. The largest absolute Gasteiger partial charge is 0.469 e. The van der Waals surface area contributed by atoms with Crippen LogP contribution in [0.2, 0.25) is 0 Å². The first-order chi connectivity index (χ1) is 19.9. The lowest BCUT2D eigenvalue weighted by atomic mass is 9.39. The fourth-order valence-electron chi connectivity index (χ4n) is 10.1. The Kier molecular flexibility index (Phi) is 9.73. The molecular weight excluding hydrogens is 544 g/mol. The Morgan fingerprint density at radius 1 is 1.19 bits per heavy atom. The van der Waals surface area contributed by atoms with Crippen molar-refractivity contribution in [3.05, 3.63) is 23.3 Å². The third-order valence-electron chi connectivity index (χ3n) is 12.2. The van der Waals surface area contributed by atoms with E-state index < -0.39 is 34.6 Å². The molecule has 10 atom stereocenters. The maximum Gasteiger partial charge on any atom is 0.335 e. The normalized spacial score (nSPS) is 39.9. The summed E-state index contributed by atoms with van der Waals surface area (Å²) in [6.45, 7) is 19.2. The molecule has 0 aromatic rings. The zero-order chi connectivity index (χ0) is 32.1. The molecule has 4 aliphatic rings. The molecular formula is C36H58O7. The van der Waals surface area contributed by atoms with E-state index in [1.54, 1.807) is 0 Å². The Morgan fingerprint density at radius 3 is 2.44 bits per heavy atom. The molecule has 0 bridgehead atoms. The van der Waals surface area contributed by atoms with Crippen LogP contribution in [-0.4, -0.2) is 59.8 Å². The summed E-state index contributed by atoms with van der Waals surface area (Å²) in [4.78, 5) is 25.8. The van der Waals surface area contributed by atoms with Crippen molar-refractivity contribution in [2.24, 2.45) is 45.8 Å². The number of methoxy groups -OCH3 is 1. The number of hydrogen-bond acceptors (Lipinski definition) is 7. The van der Waals surface area contributed by atoms with Gasteiger partial charge in [0.1, 0.15) is 6.10 Å². The average molecular weight is 603 g/mol. The van der Waals surface area contributed by atoms with E-state index in [-0.39, 0.29) is 41.7 Å². The van der Waals surface area contributed by atoms with Crippen molar-refractivity contribution in [3.8, 4) is 0 Å². The highest BCUT2D eigenvalue weighted by Gasteiger charge is 2.68. The van der Waals surface area contributed by atoms with Crippen LogP contribution in [0.1, 0.15) is 107 Å². The minimum Gasteiger partial charge on any atom is -0.469 e. The van der Waals surface area contributed by atoms with Crippen LogP contribution in [0.5, 0.6) is 0 Å². The molecule has 0 aromatic heterocycles. The van der Waals surface area contributed by atoms with Crippen LogP contribution in [0.25, 0.3) is 0 Å². The number of fused-ring (bicyclic) bond motifs is 3. The Morgan fingerprint density at radius 2 is 1.86 bits per heavy atom. The number of aliphatic hydroxyl groups excluding tert-OH is 1. The van der Waals surface area contributed by atoms with Crippen molar-refractivity contribution in [2.45, 2.75) is 131 Å².